The topological polar surface area (TPSA) is 57.6 Å². The number of hydrogen-bond acceptors (Lipinski definition) is 2. The highest BCUT2D eigenvalue weighted by atomic mass is 16.4. The molecular weight excluding hydrogens is 314 g/mol. The number of fused-ring (bicyclic) bond motifs is 1. The van der Waals surface area contributed by atoms with E-state index in [0.29, 0.717) is 11.1 Å². The first kappa shape index (κ1) is 15.9. The van der Waals surface area contributed by atoms with E-state index in [1.54, 1.807) is 17.0 Å². The maximum absolute atomic E-state index is 13.4. The van der Waals surface area contributed by atoms with E-state index in [0.717, 1.165) is 37.8 Å². The van der Waals surface area contributed by atoms with E-state index >= 15 is 0 Å². The van der Waals surface area contributed by atoms with Crippen molar-refractivity contribution >= 4 is 17.6 Å². The molecule has 4 nitrogen and oxygen atoms in total. The Morgan fingerprint density at radius 3 is 2.28 bits per heavy atom. The van der Waals surface area contributed by atoms with Gasteiger partial charge in [0.25, 0.3) is 5.91 Å². The SMILES string of the molecule is O=C(O)C1c2ccccc2C(=O)N(c2ccccc2)C12CCCCC2. The molecule has 0 aromatic heterocycles. The Balaban J connectivity index is 1.98. The summed E-state index contributed by atoms with van der Waals surface area (Å²) < 4.78 is 0. The average molecular weight is 335 g/mol. The van der Waals surface area contributed by atoms with Crippen LogP contribution in [-0.2, 0) is 4.79 Å². The molecule has 1 atom stereocenters. The molecule has 1 spiro atoms. The van der Waals surface area contributed by atoms with E-state index in [9.17, 15) is 14.7 Å². The number of aliphatic carboxylic acids is 1. The van der Waals surface area contributed by atoms with Gasteiger partial charge in [0, 0.05) is 11.3 Å². The van der Waals surface area contributed by atoms with Crippen LogP contribution in [0, 0.1) is 0 Å². The van der Waals surface area contributed by atoms with Crippen molar-refractivity contribution in [1.82, 2.24) is 0 Å². The van der Waals surface area contributed by atoms with Gasteiger partial charge in [-0.3, -0.25) is 9.59 Å². The Kier molecular flexibility index (Phi) is 3.83. The third kappa shape index (κ3) is 2.36. The van der Waals surface area contributed by atoms with Gasteiger partial charge in [0.1, 0.15) is 5.92 Å². The van der Waals surface area contributed by atoms with Gasteiger partial charge in [-0.1, -0.05) is 55.7 Å². The van der Waals surface area contributed by atoms with Gasteiger partial charge >= 0.3 is 5.97 Å². The molecule has 1 aliphatic carbocycles. The third-order valence-corrected chi connectivity index (χ3v) is 5.67. The normalized spacial score (nSPS) is 21.8. The predicted molar refractivity (Wildman–Crippen MR) is 95.9 cm³/mol. The molecule has 1 unspecified atom stereocenters. The van der Waals surface area contributed by atoms with Gasteiger partial charge in [-0.15, -0.1) is 0 Å². The Morgan fingerprint density at radius 2 is 1.60 bits per heavy atom. The van der Waals surface area contributed by atoms with Crippen molar-refractivity contribution in [3.63, 3.8) is 0 Å². The van der Waals surface area contributed by atoms with Crippen LogP contribution >= 0.6 is 0 Å². The van der Waals surface area contributed by atoms with Crippen LogP contribution < -0.4 is 4.90 Å². The zero-order valence-corrected chi connectivity index (χ0v) is 14.0. The standard InChI is InChI=1S/C21H21NO3/c23-19-17-12-6-5-11-16(17)18(20(24)25)21(13-7-2-8-14-21)22(19)15-9-3-1-4-10-15/h1,3-6,9-12,18H,2,7-8,13-14H2,(H,24,25). The van der Waals surface area contributed by atoms with E-state index < -0.39 is 17.4 Å². The molecule has 4 heteroatoms. The molecule has 1 N–H and O–H groups in total. The van der Waals surface area contributed by atoms with E-state index in [2.05, 4.69) is 0 Å². The van der Waals surface area contributed by atoms with E-state index in [1.165, 1.54) is 0 Å². The maximum Gasteiger partial charge on any atom is 0.313 e. The van der Waals surface area contributed by atoms with Gasteiger partial charge in [0.05, 0.1) is 5.54 Å². The first-order chi connectivity index (χ1) is 12.1. The fourth-order valence-electron chi connectivity index (χ4n) is 4.68. The summed E-state index contributed by atoms with van der Waals surface area (Å²) in [6.45, 7) is 0. The number of carboxylic acid groups (broad SMARTS) is 1. The lowest BCUT2D eigenvalue weighted by Gasteiger charge is -2.52. The van der Waals surface area contributed by atoms with Crippen molar-refractivity contribution in [3.8, 4) is 0 Å². The van der Waals surface area contributed by atoms with Crippen molar-refractivity contribution in [2.24, 2.45) is 0 Å². The number of rotatable bonds is 2. The van der Waals surface area contributed by atoms with Crippen LogP contribution in [0.3, 0.4) is 0 Å². The highest BCUT2D eigenvalue weighted by Crippen LogP contribution is 2.50. The molecule has 25 heavy (non-hydrogen) atoms. The molecule has 1 aliphatic heterocycles. The zero-order valence-electron chi connectivity index (χ0n) is 14.0. The monoisotopic (exact) mass is 335 g/mol. The summed E-state index contributed by atoms with van der Waals surface area (Å²) in [5, 5.41) is 10.1. The molecule has 1 amide bonds. The smallest absolute Gasteiger partial charge is 0.313 e. The van der Waals surface area contributed by atoms with E-state index in [4.69, 9.17) is 0 Å². The van der Waals surface area contributed by atoms with E-state index in [1.807, 2.05) is 42.5 Å². The molecule has 2 aliphatic rings. The lowest BCUT2D eigenvalue weighted by atomic mass is 9.65. The number of anilines is 1. The van der Waals surface area contributed by atoms with Crippen molar-refractivity contribution < 1.29 is 14.7 Å². The van der Waals surface area contributed by atoms with Crippen molar-refractivity contribution in [1.29, 1.82) is 0 Å². The fraction of sp³-hybridized carbons (Fsp3) is 0.333. The highest BCUT2D eigenvalue weighted by Gasteiger charge is 2.55. The Morgan fingerprint density at radius 1 is 0.960 bits per heavy atom. The first-order valence-electron chi connectivity index (χ1n) is 8.86. The van der Waals surface area contributed by atoms with Crippen LogP contribution in [0.2, 0.25) is 0 Å². The Hall–Kier alpha value is -2.62. The summed E-state index contributed by atoms with van der Waals surface area (Å²) in [6.07, 6.45) is 4.43. The van der Waals surface area contributed by atoms with Gasteiger partial charge < -0.3 is 10.0 Å². The van der Waals surface area contributed by atoms with Crippen LogP contribution in [-0.4, -0.2) is 22.5 Å². The molecule has 2 aromatic carbocycles. The molecule has 2 aromatic rings. The van der Waals surface area contributed by atoms with Crippen molar-refractivity contribution in [3.05, 3.63) is 65.7 Å². The number of carboxylic acids is 1. The molecule has 1 fully saturated rings. The van der Waals surface area contributed by atoms with Gasteiger partial charge in [-0.2, -0.15) is 0 Å². The second-order valence-corrected chi connectivity index (χ2v) is 7.00. The van der Waals surface area contributed by atoms with Crippen LogP contribution in [0.5, 0.6) is 0 Å². The second-order valence-electron chi connectivity index (χ2n) is 7.00. The summed E-state index contributed by atoms with van der Waals surface area (Å²) in [5.74, 6) is -1.62. The summed E-state index contributed by atoms with van der Waals surface area (Å²) in [5.41, 5.74) is 1.27. The maximum atomic E-state index is 13.4. The molecular formula is C21H21NO3. The van der Waals surface area contributed by atoms with Gasteiger partial charge in [-0.05, 0) is 36.6 Å². The number of hydrogen-bond donors (Lipinski definition) is 1. The quantitative estimate of drug-likeness (QED) is 0.894. The molecule has 1 heterocycles. The van der Waals surface area contributed by atoms with Gasteiger partial charge in [0.2, 0.25) is 0 Å². The summed E-state index contributed by atoms with van der Waals surface area (Å²) in [7, 11) is 0. The zero-order chi connectivity index (χ0) is 17.4. The van der Waals surface area contributed by atoms with Crippen LogP contribution in [0.25, 0.3) is 0 Å². The second kappa shape index (κ2) is 6.03. The van der Waals surface area contributed by atoms with Crippen molar-refractivity contribution in [2.45, 2.75) is 43.6 Å². The third-order valence-electron chi connectivity index (χ3n) is 5.67. The van der Waals surface area contributed by atoms with Crippen LogP contribution in [0.4, 0.5) is 5.69 Å². The van der Waals surface area contributed by atoms with Crippen LogP contribution in [0.15, 0.2) is 54.6 Å². The number of para-hydroxylation sites is 1. The lowest BCUT2D eigenvalue weighted by molar-refractivity contribution is -0.141. The summed E-state index contributed by atoms with van der Waals surface area (Å²) in [4.78, 5) is 27.5. The number of benzene rings is 2. The summed E-state index contributed by atoms with van der Waals surface area (Å²) >= 11 is 0. The number of amides is 1. The minimum atomic E-state index is -0.845. The first-order valence-corrected chi connectivity index (χ1v) is 8.86. The fourth-order valence-corrected chi connectivity index (χ4v) is 4.68. The Bertz CT molecular complexity index is 809. The average Bonchev–Trinajstić information content (AvgIpc) is 2.63. The largest absolute Gasteiger partial charge is 0.481 e. The minimum absolute atomic E-state index is 0.0822. The number of nitrogens with zero attached hydrogens (tertiary/aromatic N) is 1. The van der Waals surface area contributed by atoms with Gasteiger partial charge in [-0.25, -0.2) is 0 Å². The minimum Gasteiger partial charge on any atom is -0.481 e. The van der Waals surface area contributed by atoms with Gasteiger partial charge in [0.15, 0.2) is 0 Å². The molecule has 0 bridgehead atoms. The molecule has 128 valence electrons. The summed E-state index contributed by atoms with van der Waals surface area (Å²) in [6, 6.07) is 16.7. The molecule has 0 radical (unpaired) electrons. The number of carbonyl (C=O) groups excluding carboxylic acids is 1. The predicted octanol–water partition coefficient (Wildman–Crippen LogP) is 4.22. The Labute approximate surface area is 147 Å². The molecule has 1 saturated carbocycles. The molecule has 4 rings (SSSR count). The molecule has 0 saturated heterocycles. The van der Waals surface area contributed by atoms with Crippen molar-refractivity contribution in [2.75, 3.05) is 4.90 Å². The lowest BCUT2D eigenvalue weighted by Crippen LogP contribution is -2.61. The van der Waals surface area contributed by atoms with E-state index in [-0.39, 0.29) is 5.91 Å². The highest BCUT2D eigenvalue weighted by molar-refractivity contribution is 6.11. The van der Waals surface area contributed by atoms with Crippen LogP contribution in [0.1, 0.15) is 53.9 Å². The number of carbonyl (C=O) groups is 2.